The molecule has 4 heteroatoms. The number of rotatable bonds is 4. The minimum Gasteiger partial charge on any atom is -0.352 e. The predicted octanol–water partition coefficient (Wildman–Crippen LogP) is 1.73. The lowest BCUT2D eigenvalue weighted by Gasteiger charge is -2.37. The van der Waals surface area contributed by atoms with Crippen molar-refractivity contribution < 1.29 is 4.79 Å². The third-order valence-corrected chi connectivity index (χ3v) is 3.99. The molecule has 0 spiro atoms. The highest BCUT2D eigenvalue weighted by Gasteiger charge is 2.41. The summed E-state index contributed by atoms with van der Waals surface area (Å²) in [5, 5.41) is 15.0. The highest BCUT2D eigenvalue weighted by atomic mass is 16.2. The van der Waals surface area contributed by atoms with E-state index in [9.17, 15) is 4.79 Å². The molecule has 0 aliphatic carbocycles. The van der Waals surface area contributed by atoms with Crippen molar-refractivity contribution in [2.45, 2.75) is 37.6 Å². The second kappa shape index (κ2) is 6.53. The van der Waals surface area contributed by atoms with Crippen molar-refractivity contribution >= 4 is 5.91 Å². The van der Waals surface area contributed by atoms with Crippen molar-refractivity contribution in [3.8, 4) is 6.07 Å². The second-order valence-corrected chi connectivity index (χ2v) is 5.43. The summed E-state index contributed by atoms with van der Waals surface area (Å²) in [6.45, 7) is 3.56. The number of nitriles is 1. The molecule has 1 unspecified atom stereocenters. The Kier molecular flexibility index (Phi) is 4.75. The van der Waals surface area contributed by atoms with Crippen LogP contribution in [0.1, 0.15) is 31.7 Å². The monoisotopic (exact) mass is 271 g/mol. The number of hydrogen-bond donors (Lipinski definition) is 2. The number of benzene rings is 1. The Labute approximate surface area is 120 Å². The Morgan fingerprint density at radius 2 is 2.05 bits per heavy atom. The zero-order valence-electron chi connectivity index (χ0n) is 11.9. The van der Waals surface area contributed by atoms with Gasteiger partial charge in [0.2, 0.25) is 5.91 Å². The molecule has 0 saturated carbocycles. The van der Waals surface area contributed by atoms with E-state index in [4.69, 9.17) is 5.26 Å². The van der Waals surface area contributed by atoms with Crippen LogP contribution in [-0.2, 0) is 10.2 Å². The number of carbonyl (C=O) groups excluding carboxylic acids is 1. The van der Waals surface area contributed by atoms with E-state index >= 15 is 0 Å². The Morgan fingerprint density at radius 1 is 1.40 bits per heavy atom. The molecular formula is C16H21N3O. The second-order valence-electron chi connectivity index (χ2n) is 5.43. The molecular weight excluding hydrogens is 250 g/mol. The lowest BCUT2D eigenvalue weighted by molar-refractivity contribution is -0.128. The van der Waals surface area contributed by atoms with Gasteiger partial charge in [-0.15, -0.1) is 0 Å². The average Bonchev–Trinajstić information content (AvgIpc) is 2.49. The summed E-state index contributed by atoms with van der Waals surface area (Å²) < 4.78 is 0. The standard InChI is InChI=1S/C16H21N3O/c1-13(7-10-17)19-15(20)16(8-11-18-12-9-16)14-5-3-2-4-6-14/h2-6,13,18H,7-9,11-12H2,1H3,(H,19,20). The van der Waals surface area contributed by atoms with Crippen LogP contribution in [0.4, 0.5) is 0 Å². The summed E-state index contributed by atoms with van der Waals surface area (Å²) in [7, 11) is 0. The van der Waals surface area contributed by atoms with E-state index in [1.165, 1.54) is 0 Å². The topological polar surface area (TPSA) is 64.9 Å². The molecule has 20 heavy (non-hydrogen) atoms. The molecule has 106 valence electrons. The van der Waals surface area contributed by atoms with Crippen molar-refractivity contribution in [1.82, 2.24) is 10.6 Å². The van der Waals surface area contributed by atoms with Gasteiger partial charge in [0.05, 0.1) is 17.9 Å². The molecule has 1 heterocycles. The van der Waals surface area contributed by atoms with Gasteiger partial charge in [0, 0.05) is 6.04 Å². The maximum atomic E-state index is 12.8. The van der Waals surface area contributed by atoms with Crippen LogP contribution >= 0.6 is 0 Å². The molecule has 1 aromatic carbocycles. The van der Waals surface area contributed by atoms with Crippen molar-refractivity contribution in [2.24, 2.45) is 0 Å². The summed E-state index contributed by atoms with van der Waals surface area (Å²) in [6.07, 6.45) is 1.93. The van der Waals surface area contributed by atoms with Crippen LogP contribution in [0.5, 0.6) is 0 Å². The first-order chi connectivity index (χ1) is 9.69. The smallest absolute Gasteiger partial charge is 0.230 e. The normalized spacial score (nSPS) is 18.8. The van der Waals surface area contributed by atoms with Crippen LogP contribution in [-0.4, -0.2) is 25.0 Å². The van der Waals surface area contributed by atoms with Gasteiger partial charge in [0.1, 0.15) is 0 Å². The number of nitrogens with zero attached hydrogens (tertiary/aromatic N) is 1. The molecule has 0 aromatic heterocycles. The number of hydrogen-bond acceptors (Lipinski definition) is 3. The van der Waals surface area contributed by atoms with Gasteiger partial charge in [-0.25, -0.2) is 0 Å². The minimum absolute atomic E-state index is 0.0490. The van der Waals surface area contributed by atoms with E-state index in [2.05, 4.69) is 16.7 Å². The molecule has 1 aliphatic rings. The van der Waals surface area contributed by atoms with Gasteiger partial charge >= 0.3 is 0 Å². The molecule has 0 radical (unpaired) electrons. The van der Waals surface area contributed by atoms with E-state index in [0.717, 1.165) is 31.5 Å². The SMILES string of the molecule is CC(CC#N)NC(=O)C1(c2ccccc2)CCNCC1. The van der Waals surface area contributed by atoms with E-state index in [0.29, 0.717) is 6.42 Å². The summed E-state index contributed by atoms with van der Waals surface area (Å²) in [5.41, 5.74) is 0.610. The fourth-order valence-corrected chi connectivity index (χ4v) is 2.81. The molecule has 4 nitrogen and oxygen atoms in total. The van der Waals surface area contributed by atoms with E-state index < -0.39 is 5.41 Å². The maximum absolute atomic E-state index is 12.8. The largest absolute Gasteiger partial charge is 0.352 e. The summed E-state index contributed by atoms with van der Waals surface area (Å²) >= 11 is 0. The Balaban J connectivity index is 2.24. The zero-order chi connectivity index (χ0) is 14.4. The number of carbonyl (C=O) groups is 1. The quantitative estimate of drug-likeness (QED) is 0.876. The van der Waals surface area contributed by atoms with Crippen molar-refractivity contribution in [1.29, 1.82) is 5.26 Å². The zero-order valence-corrected chi connectivity index (χ0v) is 11.9. The van der Waals surface area contributed by atoms with Crippen LogP contribution in [0.3, 0.4) is 0 Å². The molecule has 1 saturated heterocycles. The van der Waals surface area contributed by atoms with E-state index in [1.807, 2.05) is 37.3 Å². The summed E-state index contributed by atoms with van der Waals surface area (Å²) in [6, 6.07) is 12.0. The highest BCUT2D eigenvalue weighted by molar-refractivity contribution is 5.88. The third kappa shape index (κ3) is 3.00. The average molecular weight is 271 g/mol. The fourth-order valence-electron chi connectivity index (χ4n) is 2.81. The molecule has 1 aromatic rings. The molecule has 0 bridgehead atoms. The Hall–Kier alpha value is -1.86. The molecule has 1 fully saturated rings. The van der Waals surface area contributed by atoms with Gasteiger partial charge in [-0.05, 0) is 38.4 Å². The lowest BCUT2D eigenvalue weighted by Crippen LogP contribution is -2.52. The van der Waals surface area contributed by atoms with Crippen LogP contribution < -0.4 is 10.6 Å². The van der Waals surface area contributed by atoms with Crippen LogP contribution in [0.25, 0.3) is 0 Å². The van der Waals surface area contributed by atoms with Gasteiger partial charge in [0.25, 0.3) is 0 Å². The predicted molar refractivity (Wildman–Crippen MR) is 78.1 cm³/mol. The van der Waals surface area contributed by atoms with Gasteiger partial charge in [-0.2, -0.15) is 5.26 Å². The van der Waals surface area contributed by atoms with Crippen molar-refractivity contribution in [2.75, 3.05) is 13.1 Å². The van der Waals surface area contributed by atoms with Crippen LogP contribution in [0, 0.1) is 11.3 Å². The Morgan fingerprint density at radius 3 is 2.65 bits per heavy atom. The first-order valence-electron chi connectivity index (χ1n) is 7.13. The Bertz CT molecular complexity index is 486. The first-order valence-corrected chi connectivity index (χ1v) is 7.13. The number of amides is 1. The van der Waals surface area contributed by atoms with Crippen LogP contribution in [0.2, 0.25) is 0 Å². The minimum atomic E-state index is -0.462. The molecule has 2 rings (SSSR count). The lowest BCUT2D eigenvalue weighted by atomic mass is 9.72. The molecule has 1 atom stereocenters. The van der Waals surface area contributed by atoms with Crippen LogP contribution in [0.15, 0.2) is 30.3 Å². The van der Waals surface area contributed by atoms with E-state index in [-0.39, 0.29) is 11.9 Å². The van der Waals surface area contributed by atoms with Crippen molar-refractivity contribution in [3.63, 3.8) is 0 Å². The van der Waals surface area contributed by atoms with Gasteiger partial charge < -0.3 is 10.6 Å². The number of piperidine rings is 1. The molecule has 1 aliphatic heterocycles. The van der Waals surface area contributed by atoms with E-state index in [1.54, 1.807) is 0 Å². The van der Waals surface area contributed by atoms with Crippen molar-refractivity contribution in [3.05, 3.63) is 35.9 Å². The fraction of sp³-hybridized carbons (Fsp3) is 0.500. The maximum Gasteiger partial charge on any atom is 0.230 e. The molecule has 1 amide bonds. The highest BCUT2D eigenvalue weighted by Crippen LogP contribution is 2.33. The van der Waals surface area contributed by atoms with Gasteiger partial charge in [0.15, 0.2) is 0 Å². The van der Waals surface area contributed by atoms with Gasteiger partial charge in [-0.3, -0.25) is 4.79 Å². The summed E-state index contributed by atoms with van der Waals surface area (Å²) in [4.78, 5) is 12.8. The number of nitrogens with one attached hydrogen (secondary N) is 2. The summed E-state index contributed by atoms with van der Waals surface area (Å²) in [5.74, 6) is 0.0490. The molecule has 2 N–H and O–H groups in total. The third-order valence-electron chi connectivity index (χ3n) is 3.99. The van der Waals surface area contributed by atoms with Gasteiger partial charge in [-0.1, -0.05) is 30.3 Å². The first kappa shape index (κ1) is 14.5.